The van der Waals surface area contributed by atoms with E-state index in [1.807, 2.05) is 25.1 Å². The van der Waals surface area contributed by atoms with Crippen LogP contribution in [0.5, 0.6) is 0 Å². The van der Waals surface area contributed by atoms with Crippen molar-refractivity contribution in [2.45, 2.75) is 64.9 Å². The Morgan fingerprint density at radius 2 is 1.39 bits per heavy atom. The van der Waals surface area contributed by atoms with E-state index in [9.17, 15) is 10.2 Å². The molecule has 0 heterocycles. The first-order chi connectivity index (χ1) is 11.2. The predicted octanol–water partition coefficient (Wildman–Crippen LogP) is 4.31. The SMILES string of the molecule is CC(CO)(CO)CCCCCCCCCOCc1ccccc1. The Hall–Kier alpha value is -0.900. The first-order valence-corrected chi connectivity index (χ1v) is 9.03. The summed E-state index contributed by atoms with van der Waals surface area (Å²) < 4.78 is 5.68. The molecule has 0 radical (unpaired) electrons. The number of hydrogen-bond acceptors (Lipinski definition) is 3. The monoisotopic (exact) mass is 322 g/mol. The van der Waals surface area contributed by atoms with Crippen LogP contribution in [0.2, 0.25) is 0 Å². The van der Waals surface area contributed by atoms with E-state index in [1.165, 1.54) is 37.7 Å². The molecule has 3 heteroatoms. The molecule has 0 fully saturated rings. The lowest BCUT2D eigenvalue weighted by molar-refractivity contribution is 0.0605. The van der Waals surface area contributed by atoms with Crippen molar-refractivity contribution >= 4 is 0 Å². The summed E-state index contributed by atoms with van der Waals surface area (Å²) in [5, 5.41) is 18.5. The predicted molar refractivity (Wildman–Crippen MR) is 95.3 cm³/mol. The van der Waals surface area contributed by atoms with Crippen molar-refractivity contribution < 1.29 is 14.9 Å². The van der Waals surface area contributed by atoms with Gasteiger partial charge in [0.1, 0.15) is 0 Å². The Labute approximate surface area is 141 Å². The third-order valence-electron chi connectivity index (χ3n) is 4.44. The van der Waals surface area contributed by atoms with Gasteiger partial charge < -0.3 is 14.9 Å². The lowest BCUT2D eigenvalue weighted by atomic mass is 9.86. The molecule has 0 bridgehead atoms. The van der Waals surface area contributed by atoms with Crippen molar-refractivity contribution in [1.82, 2.24) is 0 Å². The van der Waals surface area contributed by atoms with Crippen molar-refractivity contribution in [3.05, 3.63) is 35.9 Å². The second kappa shape index (κ2) is 12.5. The summed E-state index contributed by atoms with van der Waals surface area (Å²) in [5.41, 5.74) is 0.945. The van der Waals surface area contributed by atoms with Gasteiger partial charge in [0, 0.05) is 12.0 Å². The lowest BCUT2D eigenvalue weighted by Gasteiger charge is -2.24. The second-order valence-corrected chi connectivity index (χ2v) is 6.89. The van der Waals surface area contributed by atoms with Crippen LogP contribution in [-0.4, -0.2) is 30.0 Å². The van der Waals surface area contributed by atoms with Crippen LogP contribution in [0.15, 0.2) is 30.3 Å². The molecule has 0 amide bonds. The van der Waals surface area contributed by atoms with E-state index in [0.717, 1.165) is 32.5 Å². The van der Waals surface area contributed by atoms with E-state index >= 15 is 0 Å². The van der Waals surface area contributed by atoms with Gasteiger partial charge in [-0.05, 0) is 18.4 Å². The summed E-state index contributed by atoms with van der Waals surface area (Å²) in [5.74, 6) is 0. The third kappa shape index (κ3) is 9.75. The molecule has 2 N–H and O–H groups in total. The van der Waals surface area contributed by atoms with E-state index in [4.69, 9.17) is 4.74 Å². The Morgan fingerprint density at radius 1 is 0.826 bits per heavy atom. The topological polar surface area (TPSA) is 49.7 Å². The number of rotatable bonds is 14. The Morgan fingerprint density at radius 3 is 2.00 bits per heavy atom. The van der Waals surface area contributed by atoms with Crippen LogP contribution in [0.25, 0.3) is 0 Å². The molecule has 1 rings (SSSR count). The van der Waals surface area contributed by atoms with Crippen LogP contribution in [0, 0.1) is 5.41 Å². The number of ether oxygens (including phenoxy) is 1. The van der Waals surface area contributed by atoms with Crippen molar-refractivity contribution in [3.63, 3.8) is 0 Å². The maximum atomic E-state index is 9.23. The zero-order chi connectivity index (χ0) is 16.8. The van der Waals surface area contributed by atoms with Gasteiger partial charge in [0.05, 0.1) is 19.8 Å². The van der Waals surface area contributed by atoms with Gasteiger partial charge in [-0.15, -0.1) is 0 Å². The first-order valence-electron chi connectivity index (χ1n) is 9.03. The molecule has 0 unspecified atom stereocenters. The third-order valence-corrected chi connectivity index (χ3v) is 4.44. The fourth-order valence-corrected chi connectivity index (χ4v) is 2.61. The molecule has 0 spiro atoms. The zero-order valence-electron chi connectivity index (χ0n) is 14.7. The number of hydrogen-bond donors (Lipinski definition) is 2. The highest BCUT2D eigenvalue weighted by Gasteiger charge is 2.21. The fourth-order valence-electron chi connectivity index (χ4n) is 2.61. The highest BCUT2D eigenvalue weighted by Crippen LogP contribution is 2.23. The second-order valence-electron chi connectivity index (χ2n) is 6.89. The van der Waals surface area contributed by atoms with Gasteiger partial charge in [-0.1, -0.05) is 75.8 Å². The summed E-state index contributed by atoms with van der Waals surface area (Å²) in [4.78, 5) is 0. The van der Waals surface area contributed by atoms with Crippen molar-refractivity contribution in [2.24, 2.45) is 5.41 Å². The van der Waals surface area contributed by atoms with E-state index in [0.29, 0.717) is 0 Å². The summed E-state index contributed by atoms with van der Waals surface area (Å²) in [6.07, 6.45) is 9.36. The average Bonchev–Trinajstić information content (AvgIpc) is 2.60. The summed E-state index contributed by atoms with van der Waals surface area (Å²) >= 11 is 0. The molecular weight excluding hydrogens is 288 g/mol. The average molecular weight is 322 g/mol. The zero-order valence-corrected chi connectivity index (χ0v) is 14.7. The lowest BCUT2D eigenvalue weighted by Crippen LogP contribution is -2.25. The maximum Gasteiger partial charge on any atom is 0.0716 e. The van der Waals surface area contributed by atoms with Crippen LogP contribution in [0.3, 0.4) is 0 Å². The molecule has 0 aliphatic carbocycles. The maximum absolute atomic E-state index is 9.23. The summed E-state index contributed by atoms with van der Waals surface area (Å²) in [7, 11) is 0. The van der Waals surface area contributed by atoms with Crippen LogP contribution >= 0.6 is 0 Å². The Kier molecular flexibility index (Phi) is 11.0. The van der Waals surface area contributed by atoms with Crippen molar-refractivity contribution in [2.75, 3.05) is 19.8 Å². The molecule has 23 heavy (non-hydrogen) atoms. The van der Waals surface area contributed by atoms with Gasteiger partial charge in [-0.2, -0.15) is 0 Å². The number of aliphatic hydroxyl groups is 2. The van der Waals surface area contributed by atoms with Crippen LogP contribution in [0.1, 0.15) is 63.9 Å². The van der Waals surface area contributed by atoms with Gasteiger partial charge in [0.25, 0.3) is 0 Å². The molecule has 0 aliphatic heterocycles. The van der Waals surface area contributed by atoms with Gasteiger partial charge >= 0.3 is 0 Å². The van der Waals surface area contributed by atoms with Crippen molar-refractivity contribution in [3.8, 4) is 0 Å². The molecule has 0 saturated heterocycles. The number of aliphatic hydroxyl groups excluding tert-OH is 2. The van der Waals surface area contributed by atoms with Crippen LogP contribution in [0.4, 0.5) is 0 Å². The van der Waals surface area contributed by atoms with Crippen LogP contribution in [-0.2, 0) is 11.3 Å². The molecule has 0 aliphatic rings. The summed E-state index contributed by atoms with van der Waals surface area (Å²) in [6, 6.07) is 10.3. The van der Waals surface area contributed by atoms with E-state index in [1.54, 1.807) is 0 Å². The number of benzene rings is 1. The molecule has 0 aromatic heterocycles. The molecule has 132 valence electrons. The molecule has 1 aromatic carbocycles. The van der Waals surface area contributed by atoms with Gasteiger partial charge in [-0.25, -0.2) is 0 Å². The minimum atomic E-state index is -0.296. The van der Waals surface area contributed by atoms with Gasteiger partial charge in [0.15, 0.2) is 0 Å². The van der Waals surface area contributed by atoms with Gasteiger partial charge in [-0.3, -0.25) is 0 Å². The minimum absolute atomic E-state index is 0.0759. The smallest absolute Gasteiger partial charge is 0.0716 e. The first kappa shape index (κ1) is 20.1. The molecule has 1 aromatic rings. The highest BCUT2D eigenvalue weighted by atomic mass is 16.5. The quantitative estimate of drug-likeness (QED) is 0.502. The minimum Gasteiger partial charge on any atom is -0.396 e. The number of unbranched alkanes of at least 4 members (excludes halogenated alkanes) is 6. The fraction of sp³-hybridized carbons (Fsp3) is 0.700. The van der Waals surface area contributed by atoms with E-state index in [-0.39, 0.29) is 18.6 Å². The Balaban J connectivity index is 1.85. The van der Waals surface area contributed by atoms with Crippen molar-refractivity contribution in [1.29, 1.82) is 0 Å². The molecular formula is C20H34O3. The van der Waals surface area contributed by atoms with Crippen LogP contribution < -0.4 is 0 Å². The standard InChI is InChI=1S/C20H34O3/c1-20(17-21,18-22)14-10-5-3-2-4-6-11-15-23-16-19-12-8-7-9-13-19/h7-9,12-13,21-22H,2-6,10-11,14-18H2,1H3. The summed E-state index contributed by atoms with van der Waals surface area (Å²) in [6.45, 7) is 3.66. The van der Waals surface area contributed by atoms with E-state index in [2.05, 4.69) is 12.1 Å². The molecule has 0 atom stereocenters. The largest absolute Gasteiger partial charge is 0.396 e. The Bertz CT molecular complexity index is 374. The van der Waals surface area contributed by atoms with Gasteiger partial charge in [0.2, 0.25) is 0 Å². The van der Waals surface area contributed by atoms with E-state index < -0.39 is 0 Å². The molecule has 0 saturated carbocycles. The normalized spacial score (nSPS) is 11.8. The highest BCUT2D eigenvalue weighted by molar-refractivity contribution is 5.13. The molecule has 3 nitrogen and oxygen atoms in total.